The Balaban J connectivity index is 0.000000487. The maximum absolute atomic E-state index is 11.2. The summed E-state index contributed by atoms with van der Waals surface area (Å²) in [6.45, 7) is 8.17. The van der Waals surface area contributed by atoms with E-state index in [1.807, 2.05) is 20.8 Å². The summed E-state index contributed by atoms with van der Waals surface area (Å²) in [4.78, 5) is 23.6. The van der Waals surface area contributed by atoms with Gasteiger partial charge in [0, 0.05) is 25.9 Å². The fraction of sp³-hybridized carbons (Fsp3) is 0.579. The van der Waals surface area contributed by atoms with Gasteiger partial charge in [-0.25, -0.2) is 0 Å². The topological polar surface area (TPSA) is 108 Å². The van der Waals surface area contributed by atoms with Crippen molar-refractivity contribution in [3.05, 3.63) is 23.8 Å². The fourth-order valence-corrected chi connectivity index (χ4v) is 2.28. The van der Waals surface area contributed by atoms with Gasteiger partial charge in [-0.2, -0.15) is 0 Å². The van der Waals surface area contributed by atoms with Crippen LogP contribution in [-0.4, -0.2) is 49.6 Å². The molecule has 0 atom stereocenters. The summed E-state index contributed by atoms with van der Waals surface area (Å²) in [6.07, 6.45) is 2.74. The van der Waals surface area contributed by atoms with Crippen LogP contribution in [0.2, 0.25) is 0 Å². The number of carbonyl (C=O) groups is 2. The van der Waals surface area contributed by atoms with Crippen LogP contribution in [0.3, 0.4) is 0 Å². The number of primary amides is 1. The number of nitrogens with zero attached hydrogens (tertiary/aromatic N) is 1. The van der Waals surface area contributed by atoms with Gasteiger partial charge in [0.15, 0.2) is 0 Å². The summed E-state index contributed by atoms with van der Waals surface area (Å²) in [7, 11) is 1.71. The van der Waals surface area contributed by atoms with Crippen LogP contribution in [0.15, 0.2) is 18.2 Å². The van der Waals surface area contributed by atoms with Crippen molar-refractivity contribution in [3.8, 4) is 5.75 Å². The molecule has 2 amide bonds. The van der Waals surface area contributed by atoms with E-state index >= 15 is 0 Å². The highest BCUT2D eigenvalue weighted by Gasteiger charge is 2.18. The number of piperidine rings is 1. The standard InChI is InChI=1S/C14H19N3O3.C5H12O/c15-13-2-1-11(7-12(13)14(16)19)20-8-10-3-5-17(9-18)6-4-10;1-5(2,3)6-4/h1-2,7,9-10H,3-6,8,15H2,(H2,16,19);1-4H3. The van der Waals surface area contributed by atoms with Gasteiger partial charge in [0.05, 0.1) is 17.8 Å². The molecule has 0 unspecified atom stereocenters. The van der Waals surface area contributed by atoms with Crippen LogP contribution in [0.4, 0.5) is 5.69 Å². The van der Waals surface area contributed by atoms with Crippen molar-refractivity contribution in [1.29, 1.82) is 0 Å². The van der Waals surface area contributed by atoms with Crippen molar-refractivity contribution >= 4 is 18.0 Å². The van der Waals surface area contributed by atoms with Gasteiger partial charge in [-0.05, 0) is 57.7 Å². The smallest absolute Gasteiger partial charge is 0.250 e. The summed E-state index contributed by atoms with van der Waals surface area (Å²) >= 11 is 0. The third kappa shape index (κ3) is 7.74. The molecule has 7 nitrogen and oxygen atoms in total. The minimum Gasteiger partial charge on any atom is -0.493 e. The molecule has 0 bridgehead atoms. The molecule has 2 rings (SSSR count). The Bertz CT molecular complexity index is 591. The van der Waals surface area contributed by atoms with E-state index in [-0.39, 0.29) is 11.2 Å². The molecule has 1 heterocycles. The number of hydrogen-bond donors (Lipinski definition) is 2. The van der Waals surface area contributed by atoms with Crippen LogP contribution in [-0.2, 0) is 9.53 Å². The predicted molar refractivity (Wildman–Crippen MR) is 102 cm³/mol. The maximum atomic E-state index is 11.2. The Morgan fingerprint density at radius 1 is 1.31 bits per heavy atom. The molecule has 146 valence electrons. The number of rotatable bonds is 5. The number of carbonyl (C=O) groups excluding carboxylic acids is 2. The lowest BCUT2D eigenvalue weighted by Crippen LogP contribution is -2.34. The average Bonchev–Trinajstić information content (AvgIpc) is 2.61. The van der Waals surface area contributed by atoms with E-state index in [1.165, 1.54) is 0 Å². The van der Waals surface area contributed by atoms with E-state index in [0.29, 0.717) is 24.0 Å². The van der Waals surface area contributed by atoms with Gasteiger partial charge < -0.3 is 25.8 Å². The predicted octanol–water partition coefficient (Wildman–Crippen LogP) is 2.05. The summed E-state index contributed by atoms with van der Waals surface area (Å²) in [5.74, 6) is 0.443. The van der Waals surface area contributed by atoms with E-state index in [4.69, 9.17) is 20.9 Å². The molecule has 0 radical (unpaired) electrons. The minimum absolute atomic E-state index is 0.0417. The van der Waals surface area contributed by atoms with Crippen LogP contribution in [0, 0.1) is 5.92 Å². The molecular weight excluding hydrogens is 334 g/mol. The first-order chi connectivity index (χ1) is 12.2. The van der Waals surface area contributed by atoms with Crippen LogP contribution < -0.4 is 16.2 Å². The van der Waals surface area contributed by atoms with Gasteiger partial charge >= 0.3 is 0 Å². The zero-order chi connectivity index (χ0) is 19.7. The normalized spacial score (nSPS) is 15.0. The van der Waals surface area contributed by atoms with Gasteiger partial charge in [-0.3, -0.25) is 9.59 Å². The highest BCUT2D eigenvalue weighted by molar-refractivity contribution is 5.98. The zero-order valence-electron chi connectivity index (χ0n) is 16.2. The number of methoxy groups -OCH3 is 1. The molecule has 0 aromatic heterocycles. The van der Waals surface area contributed by atoms with Crippen molar-refractivity contribution in [2.75, 3.05) is 32.5 Å². The second-order valence-corrected chi connectivity index (χ2v) is 7.33. The summed E-state index contributed by atoms with van der Waals surface area (Å²) < 4.78 is 10.6. The van der Waals surface area contributed by atoms with Gasteiger partial charge in [0.25, 0.3) is 5.91 Å². The average molecular weight is 365 g/mol. The van der Waals surface area contributed by atoms with E-state index < -0.39 is 5.91 Å². The number of likely N-dealkylation sites (tertiary alicyclic amines) is 1. The Morgan fingerprint density at radius 3 is 2.35 bits per heavy atom. The molecule has 0 spiro atoms. The quantitative estimate of drug-likeness (QED) is 0.613. The molecule has 0 saturated carbocycles. The van der Waals surface area contributed by atoms with E-state index in [0.717, 1.165) is 32.3 Å². The van der Waals surface area contributed by atoms with E-state index in [9.17, 15) is 9.59 Å². The summed E-state index contributed by atoms with van der Waals surface area (Å²) in [5.41, 5.74) is 11.6. The first-order valence-electron chi connectivity index (χ1n) is 8.73. The highest BCUT2D eigenvalue weighted by atomic mass is 16.5. The number of amides is 2. The zero-order valence-corrected chi connectivity index (χ0v) is 16.2. The van der Waals surface area contributed by atoms with E-state index in [1.54, 1.807) is 30.2 Å². The number of benzene rings is 1. The molecule has 7 heteroatoms. The maximum Gasteiger partial charge on any atom is 0.250 e. The molecule has 0 aliphatic carbocycles. The Morgan fingerprint density at radius 2 is 1.88 bits per heavy atom. The molecular formula is C19H31N3O4. The third-order valence-corrected chi connectivity index (χ3v) is 4.19. The van der Waals surface area contributed by atoms with Crippen molar-refractivity contribution < 1.29 is 19.1 Å². The Kier molecular flexibility index (Phi) is 8.38. The number of nitrogens with two attached hydrogens (primary N) is 2. The van der Waals surface area contributed by atoms with Crippen molar-refractivity contribution in [3.63, 3.8) is 0 Å². The molecule has 1 saturated heterocycles. The van der Waals surface area contributed by atoms with E-state index in [2.05, 4.69) is 0 Å². The lowest BCUT2D eigenvalue weighted by atomic mass is 9.98. The molecule has 1 aromatic carbocycles. The number of hydrogen-bond acceptors (Lipinski definition) is 5. The summed E-state index contributed by atoms with van der Waals surface area (Å²) in [6, 6.07) is 4.91. The second-order valence-electron chi connectivity index (χ2n) is 7.33. The molecule has 1 aromatic rings. The molecule has 1 aliphatic heterocycles. The largest absolute Gasteiger partial charge is 0.493 e. The minimum atomic E-state index is -0.563. The summed E-state index contributed by atoms with van der Waals surface area (Å²) in [5, 5.41) is 0. The van der Waals surface area contributed by atoms with Crippen molar-refractivity contribution in [2.45, 2.75) is 39.2 Å². The highest BCUT2D eigenvalue weighted by Crippen LogP contribution is 2.22. The molecule has 26 heavy (non-hydrogen) atoms. The monoisotopic (exact) mass is 365 g/mol. The molecule has 1 fully saturated rings. The van der Waals surface area contributed by atoms with Gasteiger partial charge in [0.2, 0.25) is 6.41 Å². The SMILES string of the molecule is COC(C)(C)C.NC(=O)c1cc(OCC2CCN(C=O)CC2)ccc1N. The lowest BCUT2D eigenvalue weighted by molar-refractivity contribution is -0.119. The van der Waals surface area contributed by atoms with Crippen LogP contribution in [0.1, 0.15) is 44.0 Å². The van der Waals surface area contributed by atoms with Gasteiger partial charge in [-0.1, -0.05) is 0 Å². The van der Waals surface area contributed by atoms with Gasteiger partial charge in [-0.15, -0.1) is 0 Å². The number of nitrogen functional groups attached to an aromatic ring is 1. The lowest BCUT2D eigenvalue weighted by Gasteiger charge is -2.29. The third-order valence-electron chi connectivity index (χ3n) is 4.19. The van der Waals surface area contributed by atoms with Crippen LogP contribution in [0.25, 0.3) is 0 Å². The van der Waals surface area contributed by atoms with Crippen molar-refractivity contribution in [2.24, 2.45) is 11.7 Å². The number of ether oxygens (including phenoxy) is 2. The van der Waals surface area contributed by atoms with Gasteiger partial charge in [0.1, 0.15) is 5.75 Å². The van der Waals surface area contributed by atoms with Crippen LogP contribution in [0.5, 0.6) is 5.75 Å². The van der Waals surface area contributed by atoms with Crippen molar-refractivity contribution in [1.82, 2.24) is 4.90 Å². The first kappa shape index (κ1) is 21.8. The fourth-order valence-electron chi connectivity index (χ4n) is 2.28. The Labute approximate surface area is 155 Å². The Hall–Kier alpha value is -2.28. The molecule has 4 N–H and O–H groups in total. The van der Waals surface area contributed by atoms with Crippen LogP contribution >= 0.6 is 0 Å². The number of anilines is 1. The molecule has 1 aliphatic rings. The second kappa shape index (κ2) is 10.0. The first-order valence-corrected chi connectivity index (χ1v) is 8.73.